The zero-order valence-electron chi connectivity index (χ0n) is 21.8. The van der Waals surface area contributed by atoms with Gasteiger partial charge in [-0.05, 0) is 56.7 Å². The van der Waals surface area contributed by atoms with Crippen molar-refractivity contribution >= 4 is 23.5 Å². The van der Waals surface area contributed by atoms with E-state index in [0.29, 0.717) is 32.4 Å². The number of hydrogen-bond donors (Lipinski definition) is 1. The first kappa shape index (κ1) is 25.7. The van der Waals surface area contributed by atoms with Crippen molar-refractivity contribution in [1.29, 1.82) is 0 Å². The number of rotatable bonds is 7. The molecule has 4 aliphatic heterocycles. The van der Waals surface area contributed by atoms with E-state index in [1.165, 1.54) is 0 Å². The molecule has 8 heteroatoms. The van der Waals surface area contributed by atoms with E-state index in [9.17, 15) is 19.5 Å². The van der Waals surface area contributed by atoms with Crippen molar-refractivity contribution < 1.29 is 29.0 Å². The van der Waals surface area contributed by atoms with Crippen molar-refractivity contribution in [2.45, 2.75) is 63.7 Å². The molecule has 4 heterocycles. The van der Waals surface area contributed by atoms with Gasteiger partial charge in [-0.2, -0.15) is 0 Å². The second kappa shape index (κ2) is 9.72. The summed E-state index contributed by atoms with van der Waals surface area (Å²) in [6, 6.07) is 5.01. The molecule has 8 nitrogen and oxygen atoms in total. The van der Waals surface area contributed by atoms with Crippen LogP contribution in [0.15, 0.2) is 42.5 Å². The average Bonchev–Trinajstić information content (AvgIpc) is 3.15. The molecule has 4 aliphatic rings. The Morgan fingerprint density at radius 2 is 1.76 bits per heavy atom. The SMILES string of the molecule is CC[C@@]12C=CCOC(=O)[C@@H]1[C@H]1C(=O)N(CCCCCO)C3C(=O)N(c4c(C)cccc4C)CC=C[C@@]31O2. The van der Waals surface area contributed by atoms with E-state index < -0.39 is 35.0 Å². The van der Waals surface area contributed by atoms with Crippen molar-refractivity contribution in [2.24, 2.45) is 11.8 Å². The minimum absolute atomic E-state index is 0.0777. The van der Waals surface area contributed by atoms with Gasteiger partial charge in [0.25, 0.3) is 5.91 Å². The van der Waals surface area contributed by atoms with Gasteiger partial charge in [-0.3, -0.25) is 14.4 Å². The van der Waals surface area contributed by atoms with Gasteiger partial charge >= 0.3 is 5.97 Å². The van der Waals surface area contributed by atoms with E-state index in [0.717, 1.165) is 23.2 Å². The van der Waals surface area contributed by atoms with E-state index in [4.69, 9.17) is 9.47 Å². The summed E-state index contributed by atoms with van der Waals surface area (Å²) < 4.78 is 12.3. The number of aliphatic hydroxyl groups excluding tert-OH is 1. The Morgan fingerprint density at radius 3 is 2.46 bits per heavy atom. The summed E-state index contributed by atoms with van der Waals surface area (Å²) in [5, 5.41) is 9.23. The number of cyclic esters (lactones) is 1. The Bertz CT molecular complexity index is 1140. The molecule has 2 amide bonds. The van der Waals surface area contributed by atoms with Crippen LogP contribution in [0.25, 0.3) is 0 Å². The molecule has 5 rings (SSSR count). The fourth-order valence-electron chi connectivity index (χ4n) is 6.84. The largest absolute Gasteiger partial charge is 0.461 e. The molecule has 1 N–H and O–H groups in total. The molecule has 0 aliphatic carbocycles. The Balaban J connectivity index is 1.63. The minimum Gasteiger partial charge on any atom is -0.461 e. The highest BCUT2D eigenvalue weighted by Gasteiger charge is 2.75. The van der Waals surface area contributed by atoms with E-state index in [-0.39, 0.29) is 25.0 Å². The van der Waals surface area contributed by atoms with Crippen LogP contribution in [0.3, 0.4) is 0 Å². The Labute approximate surface area is 217 Å². The van der Waals surface area contributed by atoms with E-state index in [2.05, 4.69) is 0 Å². The molecule has 1 unspecified atom stereocenters. The lowest BCUT2D eigenvalue weighted by Gasteiger charge is -2.38. The third-order valence-electron chi connectivity index (χ3n) is 8.46. The molecule has 198 valence electrons. The van der Waals surface area contributed by atoms with Crippen LogP contribution < -0.4 is 4.90 Å². The lowest BCUT2D eigenvalue weighted by atomic mass is 9.73. The molecule has 1 spiro atoms. The maximum absolute atomic E-state index is 14.5. The maximum atomic E-state index is 14.5. The van der Waals surface area contributed by atoms with Crippen LogP contribution in [-0.2, 0) is 23.9 Å². The molecular weight excluding hydrogens is 472 g/mol. The number of esters is 1. The van der Waals surface area contributed by atoms with Crippen LogP contribution >= 0.6 is 0 Å². The van der Waals surface area contributed by atoms with Crippen LogP contribution in [0.5, 0.6) is 0 Å². The van der Waals surface area contributed by atoms with E-state index in [1.54, 1.807) is 15.9 Å². The number of carbonyl (C=O) groups is 3. The van der Waals surface area contributed by atoms with Crippen molar-refractivity contribution in [3.63, 3.8) is 0 Å². The molecule has 0 aromatic heterocycles. The first-order valence-corrected chi connectivity index (χ1v) is 13.3. The Morgan fingerprint density at radius 1 is 1.00 bits per heavy atom. The van der Waals surface area contributed by atoms with Crippen molar-refractivity contribution in [3.8, 4) is 0 Å². The minimum atomic E-state index is -1.28. The van der Waals surface area contributed by atoms with Gasteiger partial charge in [-0.1, -0.05) is 43.4 Å². The zero-order valence-corrected chi connectivity index (χ0v) is 21.8. The quantitative estimate of drug-likeness (QED) is 0.346. The molecule has 1 aromatic carbocycles. The summed E-state index contributed by atoms with van der Waals surface area (Å²) >= 11 is 0. The predicted molar refractivity (Wildman–Crippen MR) is 138 cm³/mol. The number of para-hydroxylation sites is 1. The summed E-state index contributed by atoms with van der Waals surface area (Å²) in [4.78, 5) is 45.4. The standard InChI is InChI=1S/C29H36N2O6/c1-4-28-13-10-18-36-27(35)22(28)21-25(33)31(15-6-5-7-17-32)24-26(34)30(16-9-14-29(21,24)37-28)23-19(2)11-8-12-20(23)3/h8-14,21-22,24,32H,4-7,15-18H2,1-3H3/t21-,22-,24?,28+,29-/m0/s1. The smallest absolute Gasteiger partial charge is 0.313 e. The van der Waals surface area contributed by atoms with Gasteiger partial charge < -0.3 is 24.4 Å². The van der Waals surface area contributed by atoms with Crippen molar-refractivity contribution in [2.75, 3.05) is 31.2 Å². The summed E-state index contributed by atoms with van der Waals surface area (Å²) in [5.41, 5.74) is 0.483. The van der Waals surface area contributed by atoms with Gasteiger partial charge in [-0.25, -0.2) is 0 Å². The average molecular weight is 509 g/mol. The van der Waals surface area contributed by atoms with Gasteiger partial charge in [-0.15, -0.1) is 0 Å². The number of amides is 2. The lowest BCUT2D eigenvalue weighted by Crippen LogP contribution is -2.56. The summed E-state index contributed by atoms with van der Waals surface area (Å²) in [6.45, 7) is 6.80. The Hall–Kier alpha value is -2.97. The number of unbranched alkanes of at least 4 members (excludes halogenated alkanes) is 2. The fraction of sp³-hybridized carbons (Fsp3) is 0.552. The molecule has 2 saturated heterocycles. The molecule has 2 fully saturated rings. The molecule has 0 bridgehead atoms. The highest BCUT2D eigenvalue weighted by molar-refractivity contribution is 6.06. The monoisotopic (exact) mass is 508 g/mol. The maximum Gasteiger partial charge on any atom is 0.313 e. The Kier molecular flexibility index (Phi) is 6.75. The number of hydrogen-bond acceptors (Lipinski definition) is 6. The number of nitrogens with zero attached hydrogens (tertiary/aromatic N) is 2. The van der Waals surface area contributed by atoms with Crippen molar-refractivity contribution in [1.82, 2.24) is 4.90 Å². The van der Waals surface area contributed by atoms with Crippen LogP contribution in [0.2, 0.25) is 0 Å². The number of anilines is 1. The van der Waals surface area contributed by atoms with Crippen molar-refractivity contribution in [3.05, 3.63) is 53.6 Å². The number of fused-ring (bicyclic) bond motifs is 2. The number of carbonyl (C=O) groups excluding carboxylic acids is 3. The first-order chi connectivity index (χ1) is 17.8. The highest BCUT2D eigenvalue weighted by atomic mass is 16.6. The molecule has 0 radical (unpaired) electrons. The second-order valence-corrected chi connectivity index (χ2v) is 10.6. The first-order valence-electron chi connectivity index (χ1n) is 13.3. The highest BCUT2D eigenvalue weighted by Crippen LogP contribution is 2.58. The normalized spacial score (nSPS) is 32.6. The van der Waals surface area contributed by atoms with E-state index >= 15 is 0 Å². The summed E-state index contributed by atoms with van der Waals surface area (Å²) in [5.74, 6) is -2.61. The topological polar surface area (TPSA) is 96.4 Å². The van der Waals surface area contributed by atoms with Gasteiger partial charge in [0.2, 0.25) is 5.91 Å². The number of aliphatic hydroxyl groups is 1. The lowest BCUT2D eigenvalue weighted by molar-refractivity contribution is -0.157. The molecule has 0 saturated carbocycles. The summed E-state index contributed by atoms with van der Waals surface area (Å²) in [7, 11) is 0. The van der Waals surface area contributed by atoms with Crippen LogP contribution in [-0.4, -0.2) is 71.3 Å². The van der Waals surface area contributed by atoms with Gasteiger partial charge in [0.15, 0.2) is 0 Å². The third-order valence-corrected chi connectivity index (χ3v) is 8.46. The predicted octanol–water partition coefficient (Wildman–Crippen LogP) is 2.84. The van der Waals surface area contributed by atoms with E-state index in [1.807, 2.05) is 57.2 Å². The molecular formula is C29H36N2O6. The van der Waals surface area contributed by atoms with Crippen LogP contribution in [0.4, 0.5) is 5.69 Å². The summed E-state index contributed by atoms with van der Waals surface area (Å²) in [6.07, 6.45) is 9.87. The fourth-order valence-corrected chi connectivity index (χ4v) is 6.84. The third kappa shape index (κ3) is 3.84. The zero-order chi connectivity index (χ0) is 26.4. The molecule has 37 heavy (non-hydrogen) atoms. The number of benzene rings is 1. The van der Waals surface area contributed by atoms with Crippen LogP contribution in [0.1, 0.15) is 43.7 Å². The van der Waals surface area contributed by atoms with Gasteiger partial charge in [0.05, 0.1) is 5.92 Å². The van der Waals surface area contributed by atoms with Gasteiger partial charge in [0, 0.05) is 25.4 Å². The molecule has 1 aromatic rings. The molecule has 5 atom stereocenters. The number of likely N-dealkylation sites (tertiary alicyclic amines) is 1. The van der Waals surface area contributed by atoms with Crippen LogP contribution in [0, 0.1) is 25.7 Å². The van der Waals surface area contributed by atoms with Gasteiger partial charge in [0.1, 0.15) is 29.8 Å². The number of ether oxygens (including phenoxy) is 2. The number of aryl methyl sites for hydroxylation is 2. The second-order valence-electron chi connectivity index (χ2n) is 10.6.